The zero-order valence-electron chi connectivity index (χ0n) is 29.6. The molecular formula is C37H48F3N5O4S2. The Labute approximate surface area is 302 Å². The second-order valence-corrected chi connectivity index (χ2v) is 17.7. The summed E-state index contributed by atoms with van der Waals surface area (Å²) in [5.74, 6) is 0.825. The van der Waals surface area contributed by atoms with Gasteiger partial charge in [-0.3, -0.25) is 9.59 Å². The number of rotatable bonds is 11. The quantitative estimate of drug-likeness (QED) is 0.207. The van der Waals surface area contributed by atoms with Gasteiger partial charge in [-0.15, -0.1) is 11.3 Å². The number of sulfonamides is 1. The molecule has 1 aliphatic heterocycles. The number of carbonyl (C=O) groups excluding carboxylic acids is 2. The van der Waals surface area contributed by atoms with Crippen LogP contribution in [0.25, 0.3) is 11.4 Å². The van der Waals surface area contributed by atoms with Gasteiger partial charge < -0.3 is 10.2 Å². The van der Waals surface area contributed by atoms with Crippen LogP contribution in [0.15, 0.2) is 48.8 Å². The van der Waals surface area contributed by atoms with E-state index in [-0.39, 0.29) is 16.7 Å². The molecule has 2 N–H and O–H groups in total. The van der Waals surface area contributed by atoms with E-state index in [1.165, 1.54) is 62.7 Å². The van der Waals surface area contributed by atoms with Gasteiger partial charge in [0.1, 0.15) is 6.04 Å². The Bertz CT molecular complexity index is 1740. The van der Waals surface area contributed by atoms with Gasteiger partial charge in [-0.05, 0) is 66.5 Å². The Morgan fingerprint density at radius 2 is 1.53 bits per heavy atom. The number of amides is 2. The summed E-state index contributed by atoms with van der Waals surface area (Å²) in [6.45, 7) is 10.1. The van der Waals surface area contributed by atoms with E-state index >= 15 is 0 Å². The number of thiophene rings is 1. The summed E-state index contributed by atoms with van der Waals surface area (Å²) in [5, 5.41) is 2.43. The Kier molecular flexibility index (Phi) is 12.2. The van der Waals surface area contributed by atoms with Crippen molar-refractivity contribution in [3.63, 3.8) is 0 Å². The van der Waals surface area contributed by atoms with Crippen LogP contribution in [0, 0.1) is 17.8 Å². The van der Waals surface area contributed by atoms with Gasteiger partial charge in [-0.2, -0.15) is 21.6 Å². The number of hydrogen-bond donors (Lipinski definition) is 2. The standard InChI is InChI=1S/C37H48F3N5O4S2/c1-5-6-24-7-11-26(12-8-24)27-17-19-45(20-18-27)29-22-41-33(42-23-29)28-13-9-25(10-14-28)21-30(34(46)44-51(48,49)37(38,39)40)43-35(47)31-15-16-32(50-31)36(2,3)4/h9-10,13-16,22-24,26-27,30H,5-8,11-12,17-21H2,1-4H3,(H,43,47)(H,44,46). The van der Waals surface area contributed by atoms with Crippen LogP contribution in [0.4, 0.5) is 18.9 Å². The van der Waals surface area contributed by atoms with E-state index in [9.17, 15) is 31.2 Å². The second-order valence-electron chi connectivity index (χ2n) is 14.9. The summed E-state index contributed by atoms with van der Waals surface area (Å²) < 4.78 is 63.8. The molecule has 51 heavy (non-hydrogen) atoms. The van der Waals surface area contributed by atoms with Gasteiger partial charge >= 0.3 is 15.5 Å². The highest BCUT2D eigenvalue weighted by Crippen LogP contribution is 2.40. The normalized spacial score (nSPS) is 19.8. The van der Waals surface area contributed by atoms with Gasteiger partial charge in [-0.25, -0.2) is 14.7 Å². The number of alkyl halides is 3. The van der Waals surface area contributed by atoms with Crippen LogP contribution in [-0.2, 0) is 26.7 Å². The third kappa shape index (κ3) is 9.88. The fourth-order valence-electron chi connectivity index (χ4n) is 7.21. The van der Waals surface area contributed by atoms with Gasteiger partial charge in [0.2, 0.25) is 0 Å². The molecule has 1 aliphatic carbocycles. The Hall–Kier alpha value is -3.52. The highest BCUT2D eigenvalue weighted by atomic mass is 32.2. The van der Waals surface area contributed by atoms with Crippen molar-refractivity contribution in [3.8, 4) is 11.4 Å². The molecule has 9 nitrogen and oxygen atoms in total. The number of nitrogens with zero attached hydrogens (tertiary/aromatic N) is 3. The minimum Gasteiger partial charge on any atom is -0.369 e. The molecule has 2 aromatic heterocycles. The summed E-state index contributed by atoms with van der Waals surface area (Å²) >= 11 is 1.18. The molecule has 1 saturated carbocycles. The van der Waals surface area contributed by atoms with Crippen molar-refractivity contribution in [3.05, 3.63) is 64.1 Å². The summed E-state index contributed by atoms with van der Waals surface area (Å²) in [7, 11) is -5.98. The molecule has 1 saturated heterocycles. The molecule has 1 atom stereocenters. The number of benzene rings is 1. The molecular weight excluding hydrogens is 700 g/mol. The van der Waals surface area contributed by atoms with E-state index in [0.717, 1.165) is 46.1 Å². The van der Waals surface area contributed by atoms with Crippen LogP contribution < -0.4 is 14.9 Å². The number of halogens is 3. The van der Waals surface area contributed by atoms with Gasteiger partial charge in [0.05, 0.1) is 23.0 Å². The first-order valence-corrected chi connectivity index (χ1v) is 20.0. The molecule has 2 fully saturated rings. The molecule has 1 aromatic carbocycles. The molecule has 278 valence electrons. The number of aromatic nitrogens is 2. The summed E-state index contributed by atoms with van der Waals surface area (Å²) in [6.07, 6.45) is 13.9. The van der Waals surface area contributed by atoms with E-state index in [2.05, 4.69) is 27.1 Å². The minimum absolute atomic E-state index is 0.237. The maximum absolute atomic E-state index is 13.1. The Morgan fingerprint density at radius 3 is 2.08 bits per heavy atom. The van der Waals surface area contributed by atoms with Crippen LogP contribution in [0.5, 0.6) is 0 Å². The van der Waals surface area contributed by atoms with E-state index < -0.39 is 33.4 Å². The van der Waals surface area contributed by atoms with Crippen molar-refractivity contribution >= 4 is 38.9 Å². The lowest BCUT2D eigenvalue weighted by atomic mass is 9.72. The maximum Gasteiger partial charge on any atom is 0.516 e. The predicted molar refractivity (Wildman–Crippen MR) is 194 cm³/mol. The van der Waals surface area contributed by atoms with Gasteiger partial charge in [-0.1, -0.05) is 77.6 Å². The third-order valence-electron chi connectivity index (χ3n) is 10.2. The zero-order valence-corrected chi connectivity index (χ0v) is 31.3. The fraction of sp³-hybridized carbons (Fsp3) is 0.568. The smallest absolute Gasteiger partial charge is 0.369 e. The van der Waals surface area contributed by atoms with Gasteiger partial charge in [0, 0.05) is 30.0 Å². The van der Waals surface area contributed by atoms with Crippen molar-refractivity contribution < 1.29 is 31.2 Å². The van der Waals surface area contributed by atoms with Crippen molar-refractivity contribution in [2.24, 2.45) is 17.8 Å². The first-order valence-electron chi connectivity index (χ1n) is 17.7. The van der Waals surface area contributed by atoms with Crippen molar-refractivity contribution in [1.82, 2.24) is 20.0 Å². The lowest BCUT2D eigenvalue weighted by Crippen LogP contribution is -2.51. The number of piperidine rings is 1. The second kappa shape index (κ2) is 16.0. The van der Waals surface area contributed by atoms with Gasteiger partial charge in [0.15, 0.2) is 5.82 Å². The third-order valence-corrected chi connectivity index (χ3v) is 12.8. The molecule has 14 heteroatoms. The number of carbonyl (C=O) groups is 2. The number of anilines is 1. The first kappa shape index (κ1) is 38.7. The predicted octanol–water partition coefficient (Wildman–Crippen LogP) is 7.63. The molecule has 5 rings (SSSR count). The van der Waals surface area contributed by atoms with Crippen LogP contribution in [-0.4, -0.2) is 54.8 Å². The Morgan fingerprint density at radius 1 is 0.922 bits per heavy atom. The monoisotopic (exact) mass is 747 g/mol. The van der Waals surface area contributed by atoms with Crippen molar-refractivity contribution in [1.29, 1.82) is 0 Å². The van der Waals surface area contributed by atoms with Crippen LogP contribution in [0.1, 0.15) is 99.2 Å². The average Bonchev–Trinajstić information content (AvgIpc) is 3.60. The Balaban J connectivity index is 1.21. The van der Waals surface area contributed by atoms with Crippen LogP contribution >= 0.6 is 11.3 Å². The van der Waals surface area contributed by atoms with Gasteiger partial charge in [0.25, 0.3) is 11.8 Å². The molecule has 1 unspecified atom stereocenters. The molecule has 0 spiro atoms. The highest BCUT2D eigenvalue weighted by molar-refractivity contribution is 7.90. The van der Waals surface area contributed by atoms with E-state index in [1.54, 1.807) is 36.4 Å². The fourth-order valence-corrected chi connectivity index (χ4v) is 8.70. The number of nitrogens with one attached hydrogen (secondary N) is 2. The zero-order chi connectivity index (χ0) is 37.0. The van der Waals surface area contributed by atoms with Crippen molar-refractivity contribution in [2.75, 3.05) is 18.0 Å². The maximum atomic E-state index is 13.1. The van der Waals surface area contributed by atoms with E-state index in [0.29, 0.717) is 17.0 Å². The topological polar surface area (TPSA) is 121 Å². The summed E-state index contributed by atoms with van der Waals surface area (Å²) in [5.41, 5.74) is -3.83. The molecule has 0 radical (unpaired) electrons. The number of hydrogen-bond acceptors (Lipinski definition) is 8. The van der Waals surface area contributed by atoms with Crippen LogP contribution in [0.2, 0.25) is 0 Å². The van der Waals surface area contributed by atoms with Crippen LogP contribution in [0.3, 0.4) is 0 Å². The molecule has 2 aliphatic rings. The lowest BCUT2D eigenvalue weighted by Gasteiger charge is -2.39. The molecule has 0 bridgehead atoms. The minimum atomic E-state index is -5.98. The highest BCUT2D eigenvalue weighted by Gasteiger charge is 2.47. The summed E-state index contributed by atoms with van der Waals surface area (Å²) in [6, 6.07) is 8.41. The molecule has 3 heterocycles. The van der Waals surface area contributed by atoms with E-state index in [4.69, 9.17) is 0 Å². The lowest BCUT2D eigenvalue weighted by molar-refractivity contribution is -0.121. The van der Waals surface area contributed by atoms with Crippen molar-refractivity contribution in [2.45, 2.75) is 102 Å². The average molecular weight is 748 g/mol. The molecule has 3 aromatic rings. The largest absolute Gasteiger partial charge is 0.516 e. The van der Waals surface area contributed by atoms with E-state index in [1.807, 2.05) is 33.2 Å². The SMILES string of the molecule is CCCC1CCC(C2CCN(c3cnc(-c4ccc(CC(NC(=O)c5ccc(C(C)(C)C)s5)C(=O)NS(=O)(=O)C(F)(F)F)cc4)nc3)CC2)CC1. The summed E-state index contributed by atoms with van der Waals surface area (Å²) in [4.78, 5) is 38.6. The molecule has 2 amide bonds. The first-order chi connectivity index (χ1) is 24.0.